The van der Waals surface area contributed by atoms with Gasteiger partial charge < -0.3 is 4.42 Å². The monoisotopic (exact) mass is 387 g/mol. The number of benzene rings is 1. The number of carbonyl (C=O) groups is 1. The molecule has 0 aliphatic carbocycles. The highest BCUT2D eigenvalue weighted by Gasteiger charge is 2.44. The maximum Gasteiger partial charge on any atom is 0.296 e. The van der Waals surface area contributed by atoms with Crippen molar-refractivity contribution in [3.8, 4) is 0 Å². The lowest BCUT2D eigenvalue weighted by Crippen LogP contribution is -2.30. The molecule has 1 atom stereocenters. The number of rotatable bonds is 2. The van der Waals surface area contributed by atoms with Gasteiger partial charge in [0.05, 0.1) is 17.0 Å². The van der Waals surface area contributed by atoms with Crippen molar-refractivity contribution < 1.29 is 13.6 Å². The molecule has 0 unspecified atom stereocenters. The zero-order valence-corrected chi connectivity index (χ0v) is 15.3. The minimum absolute atomic E-state index is 0.0563. The van der Waals surface area contributed by atoms with Crippen LogP contribution in [-0.2, 0) is 0 Å². The number of hydrogen-bond acceptors (Lipinski definition) is 5. The number of halogens is 1. The first-order valence-corrected chi connectivity index (χ1v) is 8.98. The second kappa shape index (κ2) is 6.34. The van der Waals surface area contributed by atoms with Gasteiger partial charge in [-0.3, -0.25) is 19.5 Å². The minimum atomic E-state index is -0.751. The van der Waals surface area contributed by atoms with Gasteiger partial charge in [-0.05, 0) is 55.0 Å². The van der Waals surface area contributed by atoms with E-state index in [1.807, 2.05) is 13.0 Å². The van der Waals surface area contributed by atoms with Crippen LogP contribution in [-0.4, -0.2) is 15.9 Å². The van der Waals surface area contributed by atoms with Gasteiger partial charge in [0.2, 0.25) is 5.76 Å². The Morgan fingerprint density at radius 3 is 2.62 bits per heavy atom. The van der Waals surface area contributed by atoms with Gasteiger partial charge in [-0.2, -0.15) is 0 Å². The normalized spacial score (nSPS) is 15.7. The molecule has 4 aromatic rings. The van der Waals surface area contributed by atoms with Crippen LogP contribution in [0.5, 0.6) is 0 Å². The molecule has 0 N–H and O–H groups in total. The van der Waals surface area contributed by atoms with E-state index in [1.54, 1.807) is 36.7 Å². The van der Waals surface area contributed by atoms with Gasteiger partial charge in [0.15, 0.2) is 5.43 Å². The number of carbonyl (C=O) groups excluding carboxylic acids is 1. The van der Waals surface area contributed by atoms with E-state index in [0.29, 0.717) is 11.4 Å². The third kappa shape index (κ3) is 2.62. The van der Waals surface area contributed by atoms with Gasteiger partial charge in [0.1, 0.15) is 17.2 Å². The van der Waals surface area contributed by atoms with Crippen LogP contribution >= 0.6 is 0 Å². The van der Waals surface area contributed by atoms with Crippen LogP contribution in [0, 0.1) is 12.7 Å². The van der Waals surface area contributed by atoms with Crippen LogP contribution in [0.2, 0.25) is 0 Å². The lowest BCUT2D eigenvalue weighted by atomic mass is 9.99. The molecule has 0 saturated heterocycles. The largest absolute Gasteiger partial charge is 0.450 e. The average molecular weight is 387 g/mol. The summed E-state index contributed by atoms with van der Waals surface area (Å²) in [5.74, 6) is -0.674. The molecule has 1 aliphatic rings. The van der Waals surface area contributed by atoms with E-state index in [0.717, 1.165) is 11.8 Å². The molecule has 6 nitrogen and oxygen atoms in total. The first-order chi connectivity index (χ1) is 14.0. The Bertz CT molecular complexity index is 1330. The van der Waals surface area contributed by atoms with E-state index >= 15 is 0 Å². The Hall–Kier alpha value is -3.87. The average Bonchev–Trinajstić information content (AvgIpc) is 3.02. The zero-order chi connectivity index (χ0) is 20.1. The Morgan fingerprint density at radius 1 is 1.07 bits per heavy atom. The van der Waals surface area contributed by atoms with Crippen molar-refractivity contribution in [2.24, 2.45) is 0 Å². The summed E-state index contributed by atoms with van der Waals surface area (Å²) in [4.78, 5) is 36.5. The van der Waals surface area contributed by atoms with Crippen molar-refractivity contribution in [3.63, 3.8) is 0 Å². The van der Waals surface area contributed by atoms with Crippen LogP contribution in [0.4, 0.5) is 10.2 Å². The van der Waals surface area contributed by atoms with E-state index in [-0.39, 0.29) is 22.3 Å². The number of pyridine rings is 2. The first kappa shape index (κ1) is 17.2. The van der Waals surface area contributed by atoms with Crippen LogP contribution in [0.1, 0.15) is 33.4 Å². The van der Waals surface area contributed by atoms with Crippen molar-refractivity contribution in [1.82, 2.24) is 9.97 Å². The molecule has 0 bridgehead atoms. The van der Waals surface area contributed by atoms with Gasteiger partial charge in [0.25, 0.3) is 5.91 Å². The number of aryl methyl sites for hydroxylation is 1. The highest BCUT2D eigenvalue weighted by atomic mass is 19.1. The molecule has 29 heavy (non-hydrogen) atoms. The molecule has 4 heterocycles. The van der Waals surface area contributed by atoms with Crippen molar-refractivity contribution >= 4 is 22.7 Å². The zero-order valence-electron chi connectivity index (χ0n) is 15.3. The molecule has 1 aliphatic heterocycles. The standard InChI is InChI=1S/C22H14FN3O3/c1-12-3-2-4-17(25-12)26-19(13-7-9-24-10-8-13)18-20(27)15-11-14(23)5-6-16(15)29-21(18)22(26)28/h2-11,19H,1H3/t19-/m1/s1. The Labute approximate surface area is 164 Å². The molecular formula is C22H14FN3O3. The molecule has 7 heteroatoms. The summed E-state index contributed by atoms with van der Waals surface area (Å²) >= 11 is 0. The second-order valence-corrected chi connectivity index (χ2v) is 6.81. The molecule has 1 aromatic carbocycles. The third-order valence-corrected chi connectivity index (χ3v) is 4.97. The molecule has 0 radical (unpaired) electrons. The summed E-state index contributed by atoms with van der Waals surface area (Å²) in [6, 6.07) is 11.7. The fourth-order valence-corrected chi connectivity index (χ4v) is 3.71. The number of anilines is 1. The number of aromatic nitrogens is 2. The summed E-state index contributed by atoms with van der Waals surface area (Å²) in [6.07, 6.45) is 3.17. The molecule has 142 valence electrons. The highest BCUT2D eigenvalue weighted by molar-refractivity contribution is 6.10. The highest BCUT2D eigenvalue weighted by Crippen LogP contribution is 2.40. The predicted molar refractivity (Wildman–Crippen MR) is 104 cm³/mol. The summed E-state index contributed by atoms with van der Waals surface area (Å²) in [7, 11) is 0. The van der Waals surface area contributed by atoms with Gasteiger partial charge >= 0.3 is 0 Å². The molecule has 0 saturated carbocycles. The van der Waals surface area contributed by atoms with Crippen molar-refractivity contribution in [2.45, 2.75) is 13.0 Å². The lowest BCUT2D eigenvalue weighted by Gasteiger charge is -2.24. The molecular weight excluding hydrogens is 373 g/mol. The molecule has 1 amide bonds. The molecule has 5 rings (SSSR count). The summed E-state index contributed by atoms with van der Waals surface area (Å²) in [5, 5.41) is 0.0923. The lowest BCUT2D eigenvalue weighted by molar-refractivity contribution is 0.0970. The van der Waals surface area contributed by atoms with Crippen molar-refractivity contribution in [2.75, 3.05) is 4.90 Å². The Morgan fingerprint density at radius 2 is 1.86 bits per heavy atom. The first-order valence-electron chi connectivity index (χ1n) is 8.98. The summed E-state index contributed by atoms with van der Waals surface area (Å²) < 4.78 is 19.6. The third-order valence-electron chi connectivity index (χ3n) is 4.97. The molecule has 3 aromatic heterocycles. The van der Waals surface area contributed by atoms with Gasteiger partial charge in [-0.15, -0.1) is 0 Å². The van der Waals surface area contributed by atoms with Crippen LogP contribution in [0.25, 0.3) is 11.0 Å². The second-order valence-electron chi connectivity index (χ2n) is 6.81. The van der Waals surface area contributed by atoms with E-state index in [9.17, 15) is 14.0 Å². The number of fused-ring (bicyclic) bond motifs is 2. The van der Waals surface area contributed by atoms with Crippen LogP contribution in [0.3, 0.4) is 0 Å². The SMILES string of the molecule is Cc1cccc(N2C(=O)c3oc4ccc(F)cc4c(=O)c3[C@H]2c2ccncc2)n1. The number of hydrogen-bond donors (Lipinski definition) is 0. The fourth-order valence-electron chi connectivity index (χ4n) is 3.71. The van der Waals surface area contributed by atoms with Gasteiger partial charge in [-0.25, -0.2) is 9.37 Å². The van der Waals surface area contributed by atoms with Gasteiger partial charge in [-0.1, -0.05) is 6.07 Å². The van der Waals surface area contributed by atoms with Crippen LogP contribution in [0.15, 0.2) is 70.1 Å². The van der Waals surface area contributed by atoms with E-state index in [2.05, 4.69) is 9.97 Å². The maximum absolute atomic E-state index is 13.8. The van der Waals surface area contributed by atoms with Crippen LogP contribution < -0.4 is 10.3 Å². The number of amides is 1. The number of nitrogens with zero attached hydrogens (tertiary/aromatic N) is 3. The van der Waals surface area contributed by atoms with Gasteiger partial charge in [0, 0.05) is 18.1 Å². The summed E-state index contributed by atoms with van der Waals surface area (Å²) in [5.41, 5.74) is 1.30. The minimum Gasteiger partial charge on any atom is -0.450 e. The van der Waals surface area contributed by atoms with E-state index in [1.165, 1.54) is 17.0 Å². The Balaban J connectivity index is 1.84. The van der Waals surface area contributed by atoms with E-state index < -0.39 is 23.2 Å². The van der Waals surface area contributed by atoms with E-state index in [4.69, 9.17) is 4.42 Å². The Kier molecular flexibility index (Phi) is 3.77. The molecule has 0 fully saturated rings. The predicted octanol–water partition coefficient (Wildman–Crippen LogP) is 3.78. The quantitative estimate of drug-likeness (QED) is 0.523. The maximum atomic E-state index is 13.8. The summed E-state index contributed by atoms with van der Waals surface area (Å²) in [6.45, 7) is 1.82. The molecule has 0 spiro atoms. The smallest absolute Gasteiger partial charge is 0.296 e. The van der Waals surface area contributed by atoms with Crippen molar-refractivity contribution in [3.05, 3.63) is 99.5 Å². The fraction of sp³-hybridized carbons (Fsp3) is 0.0909. The van der Waals surface area contributed by atoms with Crippen molar-refractivity contribution in [1.29, 1.82) is 0 Å². The topological polar surface area (TPSA) is 76.3 Å².